The molecule has 2 aromatic rings. The largest absolute Gasteiger partial charge is 0.485 e. The number of thiophene rings is 1. The number of rotatable bonds is 3. The number of ether oxygens (including phenoxy) is 2. The highest BCUT2D eigenvalue weighted by molar-refractivity contribution is 7.12. The molecule has 1 amide bonds. The van der Waals surface area contributed by atoms with E-state index in [1.807, 2.05) is 6.07 Å². The topological polar surface area (TPSA) is 89.0 Å². The third kappa shape index (κ3) is 2.82. The molecule has 2 atom stereocenters. The number of nitrogens with zero attached hydrogens (tertiary/aromatic N) is 2. The van der Waals surface area contributed by atoms with Crippen LogP contribution in [-0.2, 0) is 4.79 Å². The first-order chi connectivity index (χ1) is 12.1. The van der Waals surface area contributed by atoms with E-state index in [2.05, 4.69) is 4.98 Å². The van der Waals surface area contributed by atoms with Gasteiger partial charge in [0.15, 0.2) is 11.5 Å². The number of amides is 1. The Hall–Kier alpha value is -2.61. The van der Waals surface area contributed by atoms with Gasteiger partial charge in [0.05, 0.1) is 5.92 Å². The highest BCUT2D eigenvalue weighted by Gasteiger charge is 2.42. The van der Waals surface area contributed by atoms with Gasteiger partial charge in [0.2, 0.25) is 0 Å². The number of carbonyl (C=O) groups excluding carboxylic acids is 1. The minimum Gasteiger partial charge on any atom is -0.485 e. The van der Waals surface area contributed by atoms with Gasteiger partial charge in [0, 0.05) is 36.8 Å². The summed E-state index contributed by atoms with van der Waals surface area (Å²) in [5.74, 6) is -0.995. The van der Waals surface area contributed by atoms with Gasteiger partial charge in [-0.15, -0.1) is 11.3 Å². The third-order valence-electron chi connectivity index (χ3n) is 4.53. The van der Waals surface area contributed by atoms with E-state index in [-0.39, 0.29) is 18.4 Å². The lowest BCUT2D eigenvalue weighted by molar-refractivity contribution is -0.141. The molecule has 2 aliphatic heterocycles. The average Bonchev–Trinajstić information content (AvgIpc) is 3.27. The van der Waals surface area contributed by atoms with Crippen LogP contribution in [0.2, 0.25) is 0 Å². The zero-order chi connectivity index (χ0) is 17.4. The normalized spacial score (nSPS) is 22.0. The zero-order valence-corrected chi connectivity index (χ0v) is 14.1. The fraction of sp³-hybridized carbons (Fsp3) is 0.353. The molecule has 7 nitrogen and oxygen atoms in total. The van der Waals surface area contributed by atoms with Crippen molar-refractivity contribution < 1.29 is 24.2 Å². The van der Waals surface area contributed by atoms with Gasteiger partial charge in [-0.3, -0.25) is 14.6 Å². The molecule has 1 N–H and O–H groups in total. The summed E-state index contributed by atoms with van der Waals surface area (Å²) < 4.78 is 11.1. The third-order valence-corrected chi connectivity index (χ3v) is 5.46. The summed E-state index contributed by atoms with van der Waals surface area (Å²) in [6.07, 6.45) is 3.31. The van der Waals surface area contributed by atoms with Crippen molar-refractivity contribution >= 4 is 23.2 Å². The molecular weight excluding hydrogens is 344 g/mol. The molecule has 0 radical (unpaired) electrons. The fourth-order valence-electron chi connectivity index (χ4n) is 3.31. The average molecular weight is 360 g/mol. The van der Waals surface area contributed by atoms with Crippen LogP contribution in [-0.4, -0.2) is 53.2 Å². The lowest BCUT2D eigenvalue weighted by Gasteiger charge is -2.19. The molecule has 1 fully saturated rings. The van der Waals surface area contributed by atoms with Crippen LogP contribution in [0.4, 0.5) is 0 Å². The first kappa shape index (κ1) is 15.9. The van der Waals surface area contributed by atoms with Crippen LogP contribution < -0.4 is 9.47 Å². The Morgan fingerprint density at radius 3 is 2.88 bits per heavy atom. The summed E-state index contributed by atoms with van der Waals surface area (Å²) >= 11 is 1.27. The minimum absolute atomic E-state index is 0.168. The number of fused-ring (bicyclic) bond motifs is 1. The molecule has 25 heavy (non-hydrogen) atoms. The van der Waals surface area contributed by atoms with Gasteiger partial charge in [-0.1, -0.05) is 6.07 Å². The number of carboxylic acids is 1. The molecule has 4 heterocycles. The molecule has 130 valence electrons. The molecule has 0 bridgehead atoms. The molecular formula is C17H16N2O5S. The maximum Gasteiger partial charge on any atom is 0.308 e. The van der Waals surface area contributed by atoms with Crippen molar-refractivity contribution in [2.45, 2.75) is 5.92 Å². The van der Waals surface area contributed by atoms with Crippen molar-refractivity contribution in [3.8, 4) is 11.5 Å². The molecule has 0 unspecified atom stereocenters. The van der Waals surface area contributed by atoms with Gasteiger partial charge >= 0.3 is 5.97 Å². The molecule has 0 aliphatic carbocycles. The van der Waals surface area contributed by atoms with E-state index in [9.17, 15) is 14.7 Å². The second-order valence-electron chi connectivity index (χ2n) is 6.00. The number of aliphatic carboxylic acids is 1. The number of carbonyl (C=O) groups is 2. The number of hydrogen-bond donors (Lipinski definition) is 1. The molecule has 2 aromatic heterocycles. The first-order valence-corrected chi connectivity index (χ1v) is 8.82. The summed E-state index contributed by atoms with van der Waals surface area (Å²) in [5, 5.41) is 11.3. The van der Waals surface area contributed by atoms with Crippen LogP contribution in [0, 0.1) is 5.92 Å². The van der Waals surface area contributed by atoms with Crippen LogP contribution in [0.25, 0.3) is 0 Å². The number of aromatic nitrogens is 1. The predicted molar refractivity (Wildman–Crippen MR) is 89.3 cm³/mol. The van der Waals surface area contributed by atoms with E-state index in [0.717, 1.165) is 5.56 Å². The van der Waals surface area contributed by atoms with E-state index in [1.165, 1.54) is 11.3 Å². The van der Waals surface area contributed by atoms with E-state index in [1.54, 1.807) is 28.7 Å². The molecule has 0 aromatic carbocycles. The van der Waals surface area contributed by atoms with E-state index in [4.69, 9.17) is 9.47 Å². The first-order valence-electron chi connectivity index (χ1n) is 7.94. The fourth-order valence-corrected chi connectivity index (χ4v) is 4.20. The van der Waals surface area contributed by atoms with Crippen molar-refractivity contribution in [2.24, 2.45) is 5.92 Å². The Morgan fingerprint density at radius 1 is 1.28 bits per heavy atom. The lowest BCUT2D eigenvalue weighted by atomic mass is 9.90. The summed E-state index contributed by atoms with van der Waals surface area (Å²) in [6, 6.07) is 3.63. The Bertz CT molecular complexity index is 807. The predicted octanol–water partition coefficient (Wildman–Crippen LogP) is 1.85. The zero-order valence-electron chi connectivity index (χ0n) is 13.3. The van der Waals surface area contributed by atoms with Crippen LogP contribution >= 0.6 is 11.3 Å². The van der Waals surface area contributed by atoms with Gasteiger partial charge in [0.1, 0.15) is 18.1 Å². The van der Waals surface area contributed by atoms with Crippen LogP contribution in [0.3, 0.4) is 0 Å². The maximum absolute atomic E-state index is 12.9. The van der Waals surface area contributed by atoms with Gasteiger partial charge in [-0.05, 0) is 11.6 Å². The number of hydrogen-bond acceptors (Lipinski definition) is 6. The lowest BCUT2D eigenvalue weighted by Crippen LogP contribution is -2.30. The quantitative estimate of drug-likeness (QED) is 0.899. The van der Waals surface area contributed by atoms with Crippen molar-refractivity contribution in [3.05, 3.63) is 40.3 Å². The molecule has 4 rings (SSSR count). The van der Waals surface area contributed by atoms with Crippen molar-refractivity contribution in [1.82, 2.24) is 9.88 Å². The highest BCUT2D eigenvalue weighted by atomic mass is 32.1. The van der Waals surface area contributed by atoms with Crippen molar-refractivity contribution in [1.29, 1.82) is 0 Å². The van der Waals surface area contributed by atoms with Gasteiger partial charge in [-0.2, -0.15) is 0 Å². The van der Waals surface area contributed by atoms with Crippen LogP contribution in [0.15, 0.2) is 29.9 Å². The van der Waals surface area contributed by atoms with Gasteiger partial charge in [-0.25, -0.2) is 0 Å². The SMILES string of the molecule is O=C(O)[C@@H]1CN(C(=O)c2scc3c2OCCO3)C[C@H]1c1cccnc1. The van der Waals surface area contributed by atoms with E-state index in [0.29, 0.717) is 36.1 Å². The highest BCUT2D eigenvalue weighted by Crippen LogP contribution is 2.41. The van der Waals surface area contributed by atoms with Crippen LogP contribution in [0.1, 0.15) is 21.2 Å². The standard InChI is InChI=1S/C17H16N2O5S/c20-16(15-14-13(9-25-15)23-4-5-24-14)19-7-11(12(8-19)17(21)22)10-2-1-3-18-6-10/h1-3,6,9,11-12H,4-5,7-8H2,(H,21,22)/t11-,12+/m0/s1. The molecule has 1 saturated heterocycles. The molecule has 2 aliphatic rings. The van der Waals surface area contributed by atoms with Crippen molar-refractivity contribution in [2.75, 3.05) is 26.3 Å². The minimum atomic E-state index is -0.906. The van der Waals surface area contributed by atoms with E-state index >= 15 is 0 Å². The molecule has 0 spiro atoms. The van der Waals surface area contributed by atoms with Crippen LogP contribution in [0.5, 0.6) is 11.5 Å². The van der Waals surface area contributed by atoms with Crippen molar-refractivity contribution in [3.63, 3.8) is 0 Å². The number of carboxylic acid groups (broad SMARTS) is 1. The summed E-state index contributed by atoms with van der Waals surface area (Å²) in [4.78, 5) is 30.7. The Kier molecular flexibility index (Phi) is 4.04. The summed E-state index contributed by atoms with van der Waals surface area (Å²) in [5.41, 5.74) is 0.831. The monoisotopic (exact) mass is 360 g/mol. The maximum atomic E-state index is 12.9. The second kappa shape index (κ2) is 6.36. The smallest absolute Gasteiger partial charge is 0.308 e. The van der Waals surface area contributed by atoms with Gasteiger partial charge < -0.3 is 19.5 Å². The summed E-state index contributed by atoms with van der Waals surface area (Å²) in [7, 11) is 0. The second-order valence-corrected chi connectivity index (χ2v) is 6.88. The molecule has 8 heteroatoms. The Labute approximate surface area is 147 Å². The van der Waals surface area contributed by atoms with Gasteiger partial charge in [0.25, 0.3) is 5.91 Å². The number of likely N-dealkylation sites (tertiary alicyclic amines) is 1. The number of pyridine rings is 1. The Morgan fingerprint density at radius 2 is 2.12 bits per heavy atom. The summed E-state index contributed by atoms with van der Waals surface area (Å²) in [6.45, 7) is 1.38. The molecule has 0 saturated carbocycles. The van der Waals surface area contributed by atoms with E-state index < -0.39 is 11.9 Å². The Balaban J connectivity index is 1.60.